The molecule has 0 heterocycles. The van der Waals surface area contributed by atoms with Crippen molar-refractivity contribution in [1.82, 2.24) is 4.90 Å². The normalized spacial score (nSPS) is 10.8. The second-order valence-electron chi connectivity index (χ2n) is 4.70. The van der Waals surface area contributed by atoms with E-state index < -0.39 is 5.91 Å². The van der Waals surface area contributed by atoms with E-state index >= 15 is 0 Å². The Hall–Kier alpha value is -1.53. The first kappa shape index (κ1) is 16.5. The maximum atomic E-state index is 13.4. The molecule has 110 valence electrons. The van der Waals surface area contributed by atoms with E-state index in [2.05, 4.69) is 6.92 Å². The molecule has 6 heteroatoms. The molecule has 1 aromatic carbocycles. The van der Waals surface area contributed by atoms with E-state index in [1.54, 1.807) is 6.07 Å². The lowest BCUT2D eigenvalue weighted by Gasteiger charge is -2.22. The zero-order valence-corrected chi connectivity index (χ0v) is 12.4. The number of nitrogens with zero attached hydrogens (tertiary/aromatic N) is 1. The van der Waals surface area contributed by atoms with E-state index in [-0.39, 0.29) is 17.4 Å². The van der Waals surface area contributed by atoms with Crippen molar-refractivity contribution in [3.05, 3.63) is 35.1 Å². The Kier molecular flexibility index (Phi) is 6.54. The van der Waals surface area contributed by atoms with Crippen LogP contribution in [0.15, 0.2) is 18.2 Å². The van der Waals surface area contributed by atoms with Gasteiger partial charge >= 0.3 is 0 Å². The van der Waals surface area contributed by atoms with E-state index in [1.165, 1.54) is 12.1 Å². The van der Waals surface area contributed by atoms with Crippen molar-refractivity contribution in [2.45, 2.75) is 26.3 Å². The lowest BCUT2D eigenvalue weighted by Crippen LogP contribution is -2.34. The number of primary amides is 1. The van der Waals surface area contributed by atoms with E-state index in [9.17, 15) is 9.18 Å². The van der Waals surface area contributed by atoms with E-state index in [0.29, 0.717) is 24.2 Å². The number of hydrogen-bond acceptors (Lipinski definition) is 3. The molecule has 0 fully saturated rings. The monoisotopic (exact) mass is 297 g/mol. The number of benzene rings is 1. The molecule has 1 aromatic rings. The summed E-state index contributed by atoms with van der Waals surface area (Å²) in [7, 11) is 0. The molecule has 0 radical (unpaired) electrons. The molecule has 0 unspecified atom stereocenters. The van der Waals surface area contributed by atoms with Crippen LogP contribution in [-0.2, 0) is 11.3 Å². The number of amides is 1. The molecule has 0 aliphatic heterocycles. The van der Waals surface area contributed by atoms with Crippen LogP contribution < -0.4 is 11.5 Å². The highest BCUT2D eigenvalue weighted by molar-refractivity contribution is 7.80. The second kappa shape index (κ2) is 7.91. The van der Waals surface area contributed by atoms with Gasteiger partial charge in [0.1, 0.15) is 10.8 Å². The molecule has 0 atom stereocenters. The summed E-state index contributed by atoms with van der Waals surface area (Å²) in [5.41, 5.74) is 12.2. The van der Waals surface area contributed by atoms with Gasteiger partial charge in [-0.2, -0.15) is 0 Å². The number of unbranched alkanes of at least 4 members (excludes halogenated alkanes) is 1. The first-order chi connectivity index (χ1) is 9.43. The average molecular weight is 297 g/mol. The largest absolute Gasteiger partial charge is 0.389 e. The van der Waals surface area contributed by atoms with Crippen LogP contribution in [0.3, 0.4) is 0 Å². The van der Waals surface area contributed by atoms with Gasteiger partial charge in [0.25, 0.3) is 0 Å². The Labute approximate surface area is 123 Å². The maximum absolute atomic E-state index is 13.4. The lowest BCUT2D eigenvalue weighted by atomic mass is 10.1. The minimum Gasteiger partial charge on any atom is -0.389 e. The maximum Gasteiger partial charge on any atom is 0.231 e. The predicted octanol–water partition coefficient (Wildman–Crippen LogP) is 1.55. The van der Waals surface area contributed by atoms with Gasteiger partial charge in [-0.1, -0.05) is 25.6 Å². The van der Waals surface area contributed by atoms with Gasteiger partial charge in [-0.3, -0.25) is 9.69 Å². The summed E-state index contributed by atoms with van der Waals surface area (Å²) in [5, 5.41) is 0. The molecule has 1 rings (SSSR count). The molecule has 1 amide bonds. The summed E-state index contributed by atoms with van der Waals surface area (Å²) >= 11 is 4.97. The van der Waals surface area contributed by atoms with Crippen LogP contribution in [0.25, 0.3) is 0 Å². The summed E-state index contributed by atoms with van der Waals surface area (Å²) in [6.07, 6.45) is 1.94. The Balaban J connectivity index is 2.93. The highest BCUT2D eigenvalue weighted by Crippen LogP contribution is 2.14. The van der Waals surface area contributed by atoms with Crippen molar-refractivity contribution in [3.63, 3.8) is 0 Å². The van der Waals surface area contributed by atoms with E-state index in [1.807, 2.05) is 4.90 Å². The first-order valence-corrected chi connectivity index (χ1v) is 6.93. The Morgan fingerprint density at radius 2 is 2.10 bits per heavy atom. The van der Waals surface area contributed by atoms with Crippen LogP contribution in [0.2, 0.25) is 0 Å². The third-order valence-electron chi connectivity index (χ3n) is 2.93. The number of carbonyl (C=O) groups is 1. The van der Waals surface area contributed by atoms with Crippen LogP contribution in [0.1, 0.15) is 30.9 Å². The van der Waals surface area contributed by atoms with Crippen LogP contribution in [0.5, 0.6) is 0 Å². The summed E-state index contributed by atoms with van der Waals surface area (Å²) in [6, 6.07) is 4.28. The summed E-state index contributed by atoms with van der Waals surface area (Å²) < 4.78 is 13.4. The average Bonchev–Trinajstić information content (AvgIpc) is 2.35. The van der Waals surface area contributed by atoms with Gasteiger partial charge in [0.15, 0.2) is 0 Å². The predicted molar refractivity (Wildman–Crippen MR) is 81.7 cm³/mol. The number of rotatable bonds is 8. The fraction of sp³-hybridized carbons (Fsp3) is 0.429. The SMILES string of the molecule is CCCCN(CC(N)=O)Cc1cc(F)ccc1C(N)=S. The van der Waals surface area contributed by atoms with Gasteiger partial charge in [-0.05, 0) is 36.7 Å². The third kappa shape index (κ3) is 5.22. The summed E-state index contributed by atoms with van der Waals surface area (Å²) in [4.78, 5) is 13.2. The highest BCUT2D eigenvalue weighted by Gasteiger charge is 2.13. The van der Waals surface area contributed by atoms with E-state index in [4.69, 9.17) is 23.7 Å². The van der Waals surface area contributed by atoms with Crippen LogP contribution in [0.4, 0.5) is 4.39 Å². The Morgan fingerprint density at radius 1 is 1.40 bits per heavy atom. The molecule has 0 aliphatic rings. The Bertz CT molecular complexity index is 493. The molecule has 0 saturated carbocycles. The molecule has 20 heavy (non-hydrogen) atoms. The van der Waals surface area contributed by atoms with E-state index in [0.717, 1.165) is 12.8 Å². The smallest absolute Gasteiger partial charge is 0.231 e. The Morgan fingerprint density at radius 3 is 2.65 bits per heavy atom. The molecule has 0 bridgehead atoms. The fourth-order valence-corrected chi connectivity index (χ4v) is 2.19. The lowest BCUT2D eigenvalue weighted by molar-refractivity contribution is -0.119. The minimum absolute atomic E-state index is 0.132. The van der Waals surface area contributed by atoms with Crippen molar-refractivity contribution in [2.75, 3.05) is 13.1 Å². The number of hydrogen-bond donors (Lipinski definition) is 2. The zero-order valence-electron chi connectivity index (χ0n) is 11.6. The third-order valence-corrected chi connectivity index (χ3v) is 3.15. The molecular formula is C14H20FN3OS. The number of carbonyl (C=O) groups excluding carboxylic acids is 1. The van der Waals surface area contributed by atoms with Gasteiger partial charge in [-0.15, -0.1) is 0 Å². The fourth-order valence-electron chi connectivity index (χ4n) is 1.99. The van der Waals surface area contributed by atoms with Crippen molar-refractivity contribution in [3.8, 4) is 0 Å². The summed E-state index contributed by atoms with van der Waals surface area (Å²) in [6.45, 7) is 3.30. The number of halogens is 1. The zero-order chi connectivity index (χ0) is 15.1. The van der Waals surface area contributed by atoms with Crippen LogP contribution >= 0.6 is 12.2 Å². The minimum atomic E-state index is -0.408. The quantitative estimate of drug-likeness (QED) is 0.714. The van der Waals surface area contributed by atoms with Crippen molar-refractivity contribution >= 4 is 23.1 Å². The number of nitrogens with two attached hydrogens (primary N) is 2. The summed E-state index contributed by atoms with van der Waals surface area (Å²) in [5.74, 6) is -0.760. The molecule has 4 nitrogen and oxygen atoms in total. The molecule has 0 spiro atoms. The standard InChI is InChI=1S/C14H20FN3OS/c1-2-3-6-18(9-13(16)19)8-10-7-11(15)4-5-12(10)14(17)20/h4-5,7H,2-3,6,8-9H2,1H3,(H2,16,19)(H2,17,20). The van der Waals surface area contributed by atoms with Gasteiger partial charge < -0.3 is 11.5 Å². The molecular weight excluding hydrogens is 277 g/mol. The van der Waals surface area contributed by atoms with Crippen LogP contribution in [0, 0.1) is 5.82 Å². The first-order valence-electron chi connectivity index (χ1n) is 6.53. The van der Waals surface area contributed by atoms with Crippen molar-refractivity contribution in [1.29, 1.82) is 0 Å². The molecule has 0 aromatic heterocycles. The molecule has 0 aliphatic carbocycles. The van der Waals surface area contributed by atoms with Crippen molar-refractivity contribution < 1.29 is 9.18 Å². The second-order valence-corrected chi connectivity index (χ2v) is 5.14. The topological polar surface area (TPSA) is 72.3 Å². The van der Waals surface area contributed by atoms with Crippen LogP contribution in [-0.4, -0.2) is 28.9 Å². The van der Waals surface area contributed by atoms with Gasteiger partial charge in [-0.25, -0.2) is 4.39 Å². The van der Waals surface area contributed by atoms with Gasteiger partial charge in [0.05, 0.1) is 6.54 Å². The van der Waals surface area contributed by atoms with Gasteiger partial charge in [0, 0.05) is 12.1 Å². The van der Waals surface area contributed by atoms with Gasteiger partial charge in [0.2, 0.25) is 5.91 Å². The molecule has 0 saturated heterocycles. The number of thiocarbonyl (C=S) groups is 1. The van der Waals surface area contributed by atoms with Crippen molar-refractivity contribution in [2.24, 2.45) is 11.5 Å². The molecule has 4 N–H and O–H groups in total. The highest BCUT2D eigenvalue weighted by atomic mass is 32.1.